The van der Waals surface area contributed by atoms with E-state index >= 15 is 0 Å². The predicted molar refractivity (Wildman–Crippen MR) is 88.5 cm³/mol. The van der Waals surface area contributed by atoms with Crippen LogP contribution in [-0.2, 0) is 26.3 Å². The topological polar surface area (TPSA) is 29.9 Å². The Morgan fingerprint density at radius 2 is 1.71 bits per heavy atom. The fourth-order valence-electron chi connectivity index (χ4n) is 2.72. The van der Waals surface area contributed by atoms with Crippen LogP contribution >= 0.6 is 0 Å². The van der Waals surface area contributed by atoms with Gasteiger partial charge in [0.1, 0.15) is 0 Å². The third-order valence-corrected chi connectivity index (χ3v) is 4.01. The van der Waals surface area contributed by atoms with Gasteiger partial charge in [0.2, 0.25) is 0 Å². The summed E-state index contributed by atoms with van der Waals surface area (Å²) in [6.45, 7) is 7.46. The molecule has 0 aliphatic rings. The molecule has 0 fully saturated rings. The zero-order valence-corrected chi connectivity index (χ0v) is 13.7. The molecule has 0 aliphatic heterocycles. The van der Waals surface area contributed by atoms with E-state index in [1.807, 2.05) is 11.7 Å². The first kappa shape index (κ1) is 15.8. The molecule has 1 aromatic heterocycles. The summed E-state index contributed by atoms with van der Waals surface area (Å²) in [6, 6.07) is 11.5. The normalized spacial score (nSPS) is 12.6. The summed E-state index contributed by atoms with van der Waals surface area (Å²) in [7, 11) is 2.04. The van der Waals surface area contributed by atoms with Gasteiger partial charge < -0.3 is 5.32 Å². The first-order valence-corrected chi connectivity index (χ1v) is 8.01. The molecule has 1 unspecified atom stereocenters. The van der Waals surface area contributed by atoms with E-state index in [9.17, 15) is 0 Å². The van der Waals surface area contributed by atoms with Crippen molar-refractivity contribution in [3.63, 3.8) is 0 Å². The number of aryl methyl sites for hydroxylation is 3. The second-order valence-electron chi connectivity index (χ2n) is 5.52. The van der Waals surface area contributed by atoms with Crippen LogP contribution in [0, 0.1) is 0 Å². The van der Waals surface area contributed by atoms with Gasteiger partial charge in [-0.2, -0.15) is 5.10 Å². The average molecular weight is 285 g/mol. The molecule has 0 saturated heterocycles. The van der Waals surface area contributed by atoms with Crippen molar-refractivity contribution in [3.8, 4) is 0 Å². The van der Waals surface area contributed by atoms with Crippen molar-refractivity contribution in [3.05, 3.63) is 52.8 Å². The van der Waals surface area contributed by atoms with Crippen LogP contribution in [-0.4, -0.2) is 16.3 Å². The van der Waals surface area contributed by atoms with E-state index in [1.54, 1.807) is 0 Å². The van der Waals surface area contributed by atoms with Crippen molar-refractivity contribution in [1.82, 2.24) is 15.1 Å². The summed E-state index contributed by atoms with van der Waals surface area (Å²) in [6.07, 6.45) is 3.08. The smallest absolute Gasteiger partial charge is 0.0625 e. The largest absolute Gasteiger partial charge is 0.309 e. The second kappa shape index (κ2) is 7.41. The van der Waals surface area contributed by atoms with Crippen LogP contribution in [0.3, 0.4) is 0 Å². The van der Waals surface area contributed by atoms with E-state index in [2.05, 4.69) is 61.5 Å². The lowest BCUT2D eigenvalue weighted by Gasteiger charge is -2.18. The number of benzene rings is 1. The number of hydrogen-bond acceptors (Lipinski definition) is 2. The minimum absolute atomic E-state index is 0.320. The minimum Gasteiger partial charge on any atom is -0.309 e. The van der Waals surface area contributed by atoms with E-state index < -0.39 is 0 Å². The van der Waals surface area contributed by atoms with Crippen molar-refractivity contribution >= 4 is 0 Å². The molecule has 3 nitrogen and oxygen atoms in total. The van der Waals surface area contributed by atoms with Crippen LogP contribution in [0.2, 0.25) is 0 Å². The molecule has 0 bridgehead atoms. The quantitative estimate of drug-likeness (QED) is 0.844. The van der Waals surface area contributed by atoms with Gasteiger partial charge in [-0.1, -0.05) is 45.0 Å². The van der Waals surface area contributed by atoms with Gasteiger partial charge in [-0.3, -0.25) is 4.68 Å². The number of nitrogens with zero attached hydrogens (tertiary/aromatic N) is 2. The van der Waals surface area contributed by atoms with Gasteiger partial charge in [0.15, 0.2) is 0 Å². The molecule has 3 heteroatoms. The summed E-state index contributed by atoms with van der Waals surface area (Å²) in [4.78, 5) is 0. The lowest BCUT2D eigenvalue weighted by Crippen LogP contribution is -2.25. The first-order valence-electron chi connectivity index (χ1n) is 8.01. The molecule has 0 radical (unpaired) electrons. The van der Waals surface area contributed by atoms with Crippen molar-refractivity contribution in [2.24, 2.45) is 7.05 Å². The fourth-order valence-corrected chi connectivity index (χ4v) is 2.72. The van der Waals surface area contributed by atoms with E-state index in [4.69, 9.17) is 0 Å². The summed E-state index contributed by atoms with van der Waals surface area (Å²) >= 11 is 0. The van der Waals surface area contributed by atoms with E-state index in [1.165, 1.54) is 16.8 Å². The Morgan fingerprint density at radius 1 is 1.05 bits per heavy atom. The Hall–Kier alpha value is -1.61. The Balaban J connectivity index is 2.19. The molecule has 0 aliphatic carbocycles. The molecule has 2 aromatic rings. The monoisotopic (exact) mass is 285 g/mol. The maximum absolute atomic E-state index is 4.58. The molecule has 0 saturated carbocycles. The Kier molecular flexibility index (Phi) is 5.57. The predicted octanol–water partition coefficient (Wildman–Crippen LogP) is 3.44. The van der Waals surface area contributed by atoms with Crippen LogP contribution in [0.4, 0.5) is 0 Å². The minimum atomic E-state index is 0.320. The molecule has 21 heavy (non-hydrogen) atoms. The number of likely N-dealkylation sites (N-methyl/N-ethyl adjacent to an activating group) is 1. The lowest BCUT2D eigenvalue weighted by molar-refractivity contribution is 0.507. The van der Waals surface area contributed by atoms with E-state index in [0.717, 1.165) is 31.5 Å². The molecule has 1 heterocycles. The highest BCUT2D eigenvalue weighted by Crippen LogP contribution is 2.20. The van der Waals surface area contributed by atoms with E-state index in [0.29, 0.717) is 6.04 Å². The summed E-state index contributed by atoms with van der Waals surface area (Å²) in [5.74, 6) is 0. The molecule has 1 aromatic carbocycles. The third-order valence-electron chi connectivity index (χ3n) is 4.01. The van der Waals surface area contributed by atoms with Gasteiger partial charge in [0.25, 0.3) is 0 Å². The zero-order valence-electron chi connectivity index (χ0n) is 13.7. The SMILES string of the molecule is CCNC(Cc1ccc(CC)cc1)c1cc(CC)nn1C. The molecule has 0 spiro atoms. The van der Waals surface area contributed by atoms with Crippen LogP contribution in [0.1, 0.15) is 49.3 Å². The van der Waals surface area contributed by atoms with Crippen molar-refractivity contribution < 1.29 is 0 Å². The molecule has 1 N–H and O–H groups in total. The van der Waals surface area contributed by atoms with E-state index in [-0.39, 0.29) is 0 Å². The van der Waals surface area contributed by atoms with Gasteiger partial charge in [-0.25, -0.2) is 0 Å². The molecular formula is C18H27N3. The molecule has 0 amide bonds. The second-order valence-corrected chi connectivity index (χ2v) is 5.52. The average Bonchev–Trinajstić information content (AvgIpc) is 2.88. The third kappa shape index (κ3) is 3.94. The Morgan fingerprint density at radius 3 is 2.24 bits per heavy atom. The zero-order chi connectivity index (χ0) is 15.2. The number of aromatic nitrogens is 2. The standard InChI is InChI=1S/C18H27N3/c1-5-14-8-10-15(11-9-14)12-17(19-7-3)18-13-16(6-2)20-21(18)4/h8-11,13,17,19H,5-7,12H2,1-4H3. The molecule has 2 rings (SSSR count). The van der Waals surface area contributed by atoms with Crippen molar-refractivity contribution in [1.29, 1.82) is 0 Å². The summed E-state index contributed by atoms with van der Waals surface area (Å²) in [5.41, 5.74) is 5.20. The number of nitrogens with one attached hydrogen (secondary N) is 1. The molecule has 114 valence electrons. The highest BCUT2D eigenvalue weighted by molar-refractivity contribution is 5.25. The van der Waals surface area contributed by atoms with Gasteiger partial charge in [-0.15, -0.1) is 0 Å². The van der Waals surface area contributed by atoms with Gasteiger partial charge >= 0.3 is 0 Å². The van der Waals surface area contributed by atoms with Crippen LogP contribution in [0.15, 0.2) is 30.3 Å². The molecular weight excluding hydrogens is 258 g/mol. The summed E-state index contributed by atoms with van der Waals surface area (Å²) in [5, 5.41) is 8.17. The first-order chi connectivity index (χ1) is 10.2. The van der Waals surface area contributed by atoms with Crippen LogP contribution in [0.5, 0.6) is 0 Å². The number of hydrogen-bond donors (Lipinski definition) is 1. The summed E-state index contributed by atoms with van der Waals surface area (Å²) < 4.78 is 2.02. The fraction of sp³-hybridized carbons (Fsp3) is 0.500. The van der Waals surface area contributed by atoms with Crippen LogP contribution in [0.25, 0.3) is 0 Å². The lowest BCUT2D eigenvalue weighted by atomic mass is 10.0. The van der Waals surface area contributed by atoms with Gasteiger partial charge in [0, 0.05) is 7.05 Å². The number of rotatable bonds is 7. The van der Waals surface area contributed by atoms with Gasteiger partial charge in [0.05, 0.1) is 17.4 Å². The highest BCUT2D eigenvalue weighted by atomic mass is 15.3. The van der Waals surface area contributed by atoms with Gasteiger partial charge in [-0.05, 0) is 43.0 Å². The maximum Gasteiger partial charge on any atom is 0.0625 e. The Labute approximate surface area is 128 Å². The van der Waals surface area contributed by atoms with Crippen LogP contribution < -0.4 is 5.32 Å². The molecule has 1 atom stereocenters. The maximum atomic E-state index is 4.58. The highest BCUT2D eigenvalue weighted by Gasteiger charge is 2.16. The van der Waals surface area contributed by atoms with Crippen molar-refractivity contribution in [2.75, 3.05) is 6.54 Å². The van der Waals surface area contributed by atoms with Crippen molar-refractivity contribution in [2.45, 2.75) is 46.1 Å². The Bertz CT molecular complexity index is 554.